The highest BCUT2D eigenvalue weighted by atomic mass is 32.2. The second-order valence-electron chi connectivity index (χ2n) is 8.85. The molecule has 0 radical (unpaired) electrons. The molecule has 0 spiro atoms. The van der Waals surface area contributed by atoms with Gasteiger partial charge in [0.05, 0.1) is 37.5 Å². The average Bonchev–Trinajstić information content (AvgIpc) is 3.71. The number of amidine groups is 1. The highest BCUT2D eigenvalue weighted by Crippen LogP contribution is 2.36. The summed E-state index contributed by atoms with van der Waals surface area (Å²) in [6, 6.07) is 18.2. The summed E-state index contributed by atoms with van der Waals surface area (Å²) in [4.78, 5) is 32.1. The van der Waals surface area contributed by atoms with E-state index in [9.17, 15) is 9.59 Å². The largest absolute Gasteiger partial charge is 0.493 e. The monoisotopic (exact) mass is 548 g/mol. The van der Waals surface area contributed by atoms with Crippen molar-refractivity contribution in [1.29, 1.82) is 0 Å². The minimum Gasteiger partial charge on any atom is -0.493 e. The van der Waals surface area contributed by atoms with Gasteiger partial charge < -0.3 is 23.4 Å². The van der Waals surface area contributed by atoms with Crippen LogP contribution < -0.4 is 9.47 Å². The number of aliphatic imine (C=N–C) groups is 1. The Hall–Kier alpha value is -4.02. The Bertz CT molecular complexity index is 1390. The molecule has 1 amide bonds. The number of ether oxygens (including phenoxy) is 4. The van der Waals surface area contributed by atoms with E-state index in [0.29, 0.717) is 40.5 Å². The molecule has 2 saturated heterocycles. The van der Waals surface area contributed by atoms with Gasteiger partial charge in [0.15, 0.2) is 16.7 Å². The molecule has 0 bridgehead atoms. The number of hydrogen-bond donors (Lipinski definition) is 0. The number of hydrogen-bond acceptors (Lipinski definition) is 9. The van der Waals surface area contributed by atoms with Crippen LogP contribution in [0.15, 0.2) is 75.0 Å². The Balaban J connectivity index is 1.34. The van der Waals surface area contributed by atoms with Gasteiger partial charge in [-0.3, -0.25) is 9.69 Å². The van der Waals surface area contributed by atoms with E-state index in [1.807, 2.05) is 42.5 Å². The molecule has 10 heteroatoms. The lowest BCUT2D eigenvalue weighted by Crippen LogP contribution is -2.36. The van der Waals surface area contributed by atoms with Crippen molar-refractivity contribution in [3.8, 4) is 11.5 Å². The molecule has 0 saturated carbocycles. The quantitative estimate of drug-likeness (QED) is 0.258. The molecule has 2 aliphatic heterocycles. The molecular formula is C29H28N2O7S. The van der Waals surface area contributed by atoms with E-state index in [0.717, 1.165) is 24.1 Å². The third-order valence-electron chi connectivity index (χ3n) is 6.18. The number of methoxy groups -OCH3 is 2. The summed E-state index contributed by atoms with van der Waals surface area (Å²) in [5.74, 6) is 0.896. The molecule has 3 heterocycles. The van der Waals surface area contributed by atoms with Crippen LogP contribution in [0.1, 0.15) is 34.7 Å². The number of thioether (sulfide) groups is 1. The first-order chi connectivity index (χ1) is 19.0. The average molecular weight is 549 g/mol. The van der Waals surface area contributed by atoms with Gasteiger partial charge in [-0.05, 0) is 72.6 Å². The first-order valence-corrected chi connectivity index (χ1v) is 13.3. The molecule has 1 atom stereocenters. The van der Waals surface area contributed by atoms with E-state index in [-0.39, 0.29) is 24.4 Å². The first kappa shape index (κ1) is 26.6. The van der Waals surface area contributed by atoms with Crippen LogP contribution in [0.3, 0.4) is 0 Å². The van der Waals surface area contributed by atoms with Gasteiger partial charge >= 0.3 is 5.97 Å². The number of nitrogens with zero attached hydrogens (tertiary/aromatic N) is 2. The molecule has 1 aromatic heterocycles. The minimum atomic E-state index is -0.554. The van der Waals surface area contributed by atoms with Crippen molar-refractivity contribution in [3.63, 3.8) is 0 Å². The van der Waals surface area contributed by atoms with Gasteiger partial charge in [-0.15, -0.1) is 0 Å². The van der Waals surface area contributed by atoms with E-state index in [1.165, 1.54) is 24.9 Å². The summed E-state index contributed by atoms with van der Waals surface area (Å²) in [5.41, 5.74) is 1.56. The molecule has 9 nitrogen and oxygen atoms in total. The van der Waals surface area contributed by atoms with Crippen LogP contribution in [-0.2, 0) is 20.9 Å². The van der Waals surface area contributed by atoms with Crippen LogP contribution >= 0.6 is 11.8 Å². The van der Waals surface area contributed by atoms with Crippen molar-refractivity contribution < 1.29 is 33.0 Å². The molecule has 2 aromatic carbocycles. The summed E-state index contributed by atoms with van der Waals surface area (Å²) >= 11 is 1.34. The van der Waals surface area contributed by atoms with E-state index in [1.54, 1.807) is 30.2 Å². The lowest BCUT2D eigenvalue weighted by atomic mass is 10.1. The summed E-state index contributed by atoms with van der Waals surface area (Å²) in [6.45, 7) is 1.28. The van der Waals surface area contributed by atoms with Crippen molar-refractivity contribution >= 4 is 40.6 Å². The zero-order valence-corrected chi connectivity index (χ0v) is 22.4. The molecule has 3 aromatic rings. The minimum absolute atomic E-state index is 0.00394. The Morgan fingerprint density at radius 1 is 1.13 bits per heavy atom. The molecular weight excluding hydrogens is 520 g/mol. The molecule has 0 aliphatic carbocycles. The molecule has 39 heavy (non-hydrogen) atoms. The predicted molar refractivity (Wildman–Crippen MR) is 147 cm³/mol. The standard InChI is InChI=1S/C29H28N2O7S/c1-34-25-15-19(10-12-23(25)37-18-22-11-13-24(38-22)28(33)35-2)16-26-27(32)31(17-21-9-6-14-36-21)29(39-26)30-20-7-4-3-5-8-20/h3-5,7-8,10-13,15-16,21H,6,9,14,17-18H2,1-2H3. The van der Waals surface area contributed by atoms with Crippen LogP contribution in [0.5, 0.6) is 11.5 Å². The fraction of sp³-hybridized carbons (Fsp3) is 0.276. The molecule has 1 unspecified atom stereocenters. The SMILES string of the molecule is COC(=O)c1ccc(COc2ccc(C=C3SC(=Nc4ccccc4)N(CC4CCCO4)C3=O)cc2OC)o1. The Morgan fingerprint density at radius 2 is 1.97 bits per heavy atom. The van der Waals surface area contributed by atoms with E-state index in [2.05, 4.69) is 4.74 Å². The highest BCUT2D eigenvalue weighted by Gasteiger charge is 2.36. The van der Waals surface area contributed by atoms with Gasteiger partial charge in [-0.25, -0.2) is 9.79 Å². The van der Waals surface area contributed by atoms with Gasteiger partial charge in [-0.1, -0.05) is 24.3 Å². The maximum Gasteiger partial charge on any atom is 0.373 e. The first-order valence-electron chi connectivity index (χ1n) is 12.5. The zero-order chi connectivity index (χ0) is 27.2. The smallest absolute Gasteiger partial charge is 0.373 e. The Kier molecular flexibility index (Phi) is 8.33. The third-order valence-corrected chi connectivity index (χ3v) is 7.19. The van der Waals surface area contributed by atoms with Crippen molar-refractivity contribution in [2.75, 3.05) is 27.4 Å². The second kappa shape index (κ2) is 12.2. The van der Waals surface area contributed by atoms with Gasteiger partial charge in [-0.2, -0.15) is 0 Å². The molecule has 0 N–H and O–H groups in total. The Morgan fingerprint density at radius 3 is 2.72 bits per heavy atom. The summed E-state index contributed by atoms with van der Waals surface area (Å²) in [7, 11) is 2.84. The second-order valence-corrected chi connectivity index (χ2v) is 9.86. The highest BCUT2D eigenvalue weighted by molar-refractivity contribution is 8.18. The number of furan rings is 1. The van der Waals surface area contributed by atoms with Crippen LogP contribution in [-0.4, -0.2) is 55.4 Å². The van der Waals surface area contributed by atoms with Crippen molar-refractivity contribution in [2.24, 2.45) is 4.99 Å². The Labute approximate surface area is 230 Å². The summed E-state index contributed by atoms with van der Waals surface area (Å²) in [6.07, 6.45) is 3.75. The maximum atomic E-state index is 13.5. The van der Waals surface area contributed by atoms with E-state index < -0.39 is 5.97 Å². The van der Waals surface area contributed by atoms with Gasteiger partial charge in [0.2, 0.25) is 5.76 Å². The number of carbonyl (C=O) groups excluding carboxylic acids is 2. The fourth-order valence-electron chi connectivity index (χ4n) is 4.22. The number of amides is 1. The van der Waals surface area contributed by atoms with E-state index >= 15 is 0 Å². The van der Waals surface area contributed by atoms with Gasteiger partial charge in [0, 0.05) is 6.61 Å². The van der Waals surface area contributed by atoms with Crippen LogP contribution in [0.4, 0.5) is 5.69 Å². The number of esters is 1. The lowest BCUT2D eigenvalue weighted by Gasteiger charge is -2.19. The van der Waals surface area contributed by atoms with Crippen LogP contribution in [0.25, 0.3) is 6.08 Å². The van der Waals surface area contributed by atoms with Crippen molar-refractivity contribution in [1.82, 2.24) is 4.90 Å². The fourth-order valence-corrected chi connectivity index (χ4v) is 5.22. The van der Waals surface area contributed by atoms with Gasteiger partial charge in [0.1, 0.15) is 12.4 Å². The zero-order valence-electron chi connectivity index (χ0n) is 21.6. The van der Waals surface area contributed by atoms with Crippen molar-refractivity contribution in [3.05, 3.63) is 82.7 Å². The van der Waals surface area contributed by atoms with Crippen LogP contribution in [0, 0.1) is 0 Å². The summed E-state index contributed by atoms with van der Waals surface area (Å²) < 4.78 is 27.3. The third kappa shape index (κ3) is 6.35. The maximum absolute atomic E-state index is 13.5. The lowest BCUT2D eigenvalue weighted by molar-refractivity contribution is -0.123. The number of para-hydroxylation sites is 1. The molecule has 2 aliphatic rings. The number of benzene rings is 2. The normalized spacial score (nSPS) is 19.2. The van der Waals surface area contributed by atoms with Gasteiger partial charge in [0.25, 0.3) is 5.91 Å². The number of carbonyl (C=O) groups is 2. The summed E-state index contributed by atoms with van der Waals surface area (Å²) in [5, 5.41) is 0.629. The number of rotatable bonds is 9. The molecule has 5 rings (SSSR count). The topological polar surface area (TPSA) is 99.8 Å². The van der Waals surface area contributed by atoms with Crippen molar-refractivity contribution in [2.45, 2.75) is 25.6 Å². The molecule has 2 fully saturated rings. The van der Waals surface area contributed by atoms with Crippen LogP contribution in [0.2, 0.25) is 0 Å². The van der Waals surface area contributed by atoms with E-state index in [4.69, 9.17) is 23.6 Å². The predicted octanol–water partition coefficient (Wildman–Crippen LogP) is 5.44. The molecule has 202 valence electrons.